The van der Waals surface area contributed by atoms with Gasteiger partial charge in [-0.2, -0.15) is 11.8 Å². The normalized spacial score (nSPS) is 10.6. The number of benzene rings is 2. The molecule has 0 atom stereocenters. The number of aromatic nitrogens is 1. The number of anilines is 2. The van der Waals surface area contributed by atoms with E-state index in [1.54, 1.807) is 30.0 Å². The van der Waals surface area contributed by atoms with Crippen LogP contribution in [0.1, 0.15) is 18.2 Å². The summed E-state index contributed by atoms with van der Waals surface area (Å²) in [6, 6.07) is 16.5. The van der Waals surface area contributed by atoms with Crippen LogP contribution in [0.25, 0.3) is 0 Å². The number of rotatable bonds is 6. The lowest BCUT2D eigenvalue weighted by Gasteiger charge is -2.18. The summed E-state index contributed by atoms with van der Waals surface area (Å²) < 4.78 is 14.1. The predicted molar refractivity (Wildman–Crippen MR) is 103 cm³/mol. The van der Waals surface area contributed by atoms with E-state index in [4.69, 9.17) is 0 Å². The van der Waals surface area contributed by atoms with Crippen LogP contribution in [-0.4, -0.2) is 10.9 Å². The van der Waals surface area contributed by atoms with Gasteiger partial charge in [0, 0.05) is 23.8 Å². The highest BCUT2D eigenvalue weighted by molar-refractivity contribution is 7.97. The van der Waals surface area contributed by atoms with Gasteiger partial charge in [0.25, 0.3) is 0 Å². The summed E-state index contributed by atoms with van der Waals surface area (Å²) in [5.41, 5.74) is 2.39. The topological polar surface area (TPSA) is 33.2 Å². The minimum atomic E-state index is -0.437. The molecule has 0 fully saturated rings. The summed E-state index contributed by atoms with van der Waals surface area (Å²) in [6.45, 7) is 1.41. The molecule has 0 saturated carbocycles. The second-order valence-corrected chi connectivity index (χ2v) is 7.23. The molecule has 3 nitrogen and oxygen atoms in total. The van der Waals surface area contributed by atoms with Crippen LogP contribution in [0.3, 0.4) is 0 Å². The first-order valence-electron chi connectivity index (χ1n) is 7.76. The molecule has 0 radical (unpaired) electrons. The Morgan fingerprint density at radius 3 is 2.56 bits per heavy atom. The minimum Gasteiger partial charge on any atom is -0.274 e. The van der Waals surface area contributed by atoms with Gasteiger partial charge in [0.1, 0.15) is 5.82 Å². The monoisotopic (exact) mass is 372 g/mol. The van der Waals surface area contributed by atoms with E-state index in [0.29, 0.717) is 5.13 Å². The Balaban J connectivity index is 1.70. The molecule has 1 aromatic heterocycles. The molecule has 3 aromatic rings. The molecule has 0 N–H and O–H groups in total. The van der Waals surface area contributed by atoms with Gasteiger partial charge in [0.05, 0.1) is 11.4 Å². The standard InChI is InChI=1S/C19H17FN2OS2/c1-14(23)22(18-10-6-5-9-17(18)20)19-21-16(13-25-19)12-24-11-15-7-3-2-4-8-15/h2-10,13H,11-12H2,1H3. The third-order valence-corrected chi connectivity index (χ3v) is 5.41. The molecule has 0 aliphatic rings. The zero-order chi connectivity index (χ0) is 17.6. The van der Waals surface area contributed by atoms with Crippen molar-refractivity contribution in [3.8, 4) is 0 Å². The summed E-state index contributed by atoms with van der Waals surface area (Å²) in [5, 5.41) is 2.41. The molecule has 2 aromatic carbocycles. The smallest absolute Gasteiger partial charge is 0.230 e. The lowest BCUT2D eigenvalue weighted by Crippen LogP contribution is -2.23. The molecule has 25 heavy (non-hydrogen) atoms. The fraction of sp³-hybridized carbons (Fsp3) is 0.158. The van der Waals surface area contributed by atoms with Crippen LogP contribution in [0.5, 0.6) is 0 Å². The van der Waals surface area contributed by atoms with Gasteiger partial charge in [-0.3, -0.25) is 9.69 Å². The van der Waals surface area contributed by atoms with E-state index in [-0.39, 0.29) is 11.6 Å². The number of carbonyl (C=O) groups excluding carboxylic acids is 1. The second-order valence-electron chi connectivity index (χ2n) is 5.41. The van der Waals surface area contributed by atoms with Crippen LogP contribution in [0.2, 0.25) is 0 Å². The average molecular weight is 372 g/mol. The summed E-state index contributed by atoms with van der Waals surface area (Å²) in [6.07, 6.45) is 0. The van der Waals surface area contributed by atoms with E-state index in [2.05, 4.69) is 17.1 Å². The molecule has 1 heterocycles. The van der Waals surface area contributed by atoms with Crippen molar-refractivity contribution >= 4 is 39.8 Å². The highest BCUT2D eigenvalue weighted by Crippen LogP contribution is 2.31. The number of amides is 1. The number of hydrogen-bond acceptors (Lipinski definition) is 4. The molecule has 3 rings (SSSR count). The van der Waals surface area contributed by atoms with Crippen LogP contribution in [0, 0.1) is 5.82 Å². The van der Waals surface area contributed by atoms with Crippen LogP contribution >= 0.6 is 23.1 Å². The Labute approximate surface area is 154 Å². The molecule has 6 heteroatoms. The Kier molecular flexibility index (Phi) is 5.83. The van der Waals surface area contributed by atoms with Gasteiger partial charge >= 0.3 is 0 Å². The molecule has 1 amide bonds. The van der Waals surface area contributed by atoms with E-state index < -0.39 is 5.82 Å². The maximum atomic E-state index is 14.1. The third kappa shape index (κ3) is 4.46. The lowest BCUT2D eigenvalue weighted by atomic mass is 10.2. The summed E-state index contributed by atoms with van der Waals surface area (Å²) in [5.74, 6) is 0.946. The van der Waals surface area contributed by atoms with Gasteiger partial charge in [-0.05, 0) is 17.7 Å². The number of halogens is 1. The van der Waals surface area contributed by atoms with Crippen molar-refractivity contribution < 1.29 is 9.18 Å². The molecule has 0 bridgehead atoms. The zero-order valence-corrected chi connectivity index (χ0v) is 15.3. The molecule has 0 spiro atoms. The van der Waals surface area contributed by atoms with E-state index in [1.807, 2.05) is 23.6 Å². The van der Waals surface area contributed by atoms with Gasteiger partial charge in [0.2, 0.25) is 5.91 Å². The number of nitrogens with zero attached hydrogens (tertiary/aromatic N) is 2. The number of hydrogen-bond donors (Lipinski definition) is 0. The van der Waals surface area contributed by atoms with Crippen molar-refractivity contribution in [2.75, 3.05) is 4.90 Å². The van der Waals surface area contributed by atoms with Gasteiger partial charge in [-0.15, -0.1) is 11.3 Å². The van der Waals surface area contributed by atoms with Crippen LogP contribution < -0.4 is 4.90 Å². The van der Waals surface area contributed by atoms with Gasteiger partial charge in [-0.1, -0.05) is 42.5 Å². The van der Waals surface area contributed by atoms with E-state index in [9.17, 15) is 9.18 Å². The molecule has 128 valence electrons. The quantitative estimate of drug-likeness (QED) is 0.581. The van der Waals surface area contributed by atoms with E-state index >= 15 is 0 Å². The fourth-order valence-electron chi connectivity index (χ4n) is 2.35. The number of carbonyl (C=O) groups is 1. The van der Waals surface area contributed by atoms with Crippen LogP contribution in [0.4, 0.5) is 15.2 Å². The minimum absolute atomic E-state index is 0.229. The zero-order valence-electron chi connectivity index (χ0n) is 13.7. The summed E-state index contributed by atoms with van der Waals surface area (Å²) in [7, 11) is 0. The molecule has 0 unspecified atom stereocenters. The second kappa shape index (κ2) is 8.27. The number of para-hydroxylation sites is 1. The molecule has 0 aliphatic heterocycles. The first kappa shape index (κ1) is 17.6. The van der Waals surface area contributed by atoms with Gasteiger partial charge in [-0.25, -0.2) is 9.37 Å². The highest BCUT2D eigenvalue weighted by atomic mass is 32.2. The Hall–Kier alpha value is -2.18. The van der Waals surface area contributed by atoms with E-state index in [1.165, 1.54) is 34.8 Å². The van der Waals surface area contributed by atoms with Crippen molar-refractivity contribution in [2.24, 2.45) is 0 Å². The summed E-state index contributed by atoms with van der Waals surface area (Å²) >= 11 is 3.11. The fourth-order valence-corrected chi connectivity index (χ4v) is 4.23. The number of thioether (sulfide) groups is 1. The molecular weight excluding hydrogens is 355 g/mol. The average Bonchev–Trinajstić information content (AvgIpc) is 3.06. The van der Waals surface area contributed by atoms with Crippen molar-refractivity contribution in [3.05, 3.63) is 77.1 Å². The molecule has 0 aliphatic carbocycles. The van der Waals surface area contributed by atoms with Crippen molar-refractivity contribution in [2.45, 2.75) is 18.4 Å². The first-order valence-corrected chi connectivity index (χ1v) is 9.80. The number of thiazole rings is 1. The van der Waals surface area contributed by atoms with E-state index in [0.717, 1.165) is 17.2 Å². The van der Waals surface area contributed by atoms with Crippen molar-refractivity contribution in [3.63, 3.8) is 0 Å². The third-order valence-electron chi connectivity index (χ3n) is 3.50. The predicted octanol–water partition coefficient (Wildman–Crippen LogP) is 5.40. The van der Waals surface area contributed by atoms with Crippen molar-refractivity contribution in [1.29, 1.82) is 0 Å². The Bertz CT molecular complexity index is 851. The molecular formula is C19H17FN2OS2. The maximum Gasteiger partial charge on any atom is 0.230 e. The lowest BCUT2D eigenvalue weighted by molar-refractivity contribution is -0.115. The first-order chi connectivity index (χ1) is 12.1. The van der Waals surface area contributed by atoms with Crippen molar-refractivity contribution in [1.82, 2.24) is 4.98 Å². The largest absolute Gasteiger partial charge is 0.274 e. The Morgan fingerprint density at radius 1 is 1.12 bits per heavy atom. The highest BCUT2D eigenvalue weighted by Gasteiger charge is 2.20. The maximum absolute atomic E-state index is 14.1. The SMILES string of the molecule is CC(=O)N(c1nc(CSCc2ccccc2)cs1)c1ccccc1F. The summed E-state index contributed by atoms with van der Waals surface area (Å²) in [4.78, 5) is 17.9. The van der Waals surface area contributed by atoms with Crippen LogP contribution in [0.15, 0.2) is 60.0 Å². The molecule has 0 saturated heterocycles. The van der Waals surface area contributed by atoms with Gasteiger partial charge in [0.15, 0.2) is 5.13 Å². The van der Waals surface area contributed by atoms with Gasteiger partial charge < -0.3 is 0 Å². The van der Waals surface area contributed by atoms with Crippen LogP contribution in [-0.2, 0) is 16.3 Å². The Morgan fingerprint density at radius 2 is 1.84 bits per heavy atom.